The van der Waals surface area contributed by atoms with Gasteiger partial charge in [-0.2, -0.15) is 0 Å². The molecular formula is C13H14N4O3. The van der Waals surface area contributed by atoms with Crippen molar-refractivity contribution in [2.45, 2.75) is 19.8 Å². The van der Waals surface area contributed by atoms with Crippen LogP contribution < -0.4 is 10.5 Å². The molecule has 0 aliphatic rings. The normalized spacial score (nSPS) is 10.6. The number of non-ortho nitro benzene ring substituents is 1. The molecule has 0 aliphatic carbocycles. The average molecular weight is 274 g/mol. The SMILES string of the molecule is CC(C)c1c(N)ncnc1Oc1ccc([N+](=O)[O-])cc1. The van der Waals surface area contributed by atoms with E-state index < -0.39 is 4.92 Å². The molecule has 7 nitrogen and oxygen atoms in total. The van der Waals surface area contributed by atoms with E-state index in [4.69, 9.17) is 10.5 Å². The first-order valence-corrected chi connectivity index (χ1v) is 6.01. The van der Waals surface area contributed by atoms with E-state index in [1.807, 2.05) is 13.8 Å². The van der Waals surface area contributed by atoms with Crippen LogP contribution in [0.1, 0.15) is 25.3 Å². The molecule has 0 amide bonds. The molecule has 0 saturated heterocycles. The maximum Gasteiger partial charge on any atom is 0.269 e. The minimum atomic E-state index is -0.466. The highest BCUT2D eigenvalue weighted by molar-refractivity contribution is 5.48. The molecule has 1 aromatic heterocycles. The number of nitrogens with two attached hydrogens (primary N) is 1. The summed E-state index contributed by atoms with van der Waals surface area (Å²) in [6.45, 7) is 3.91. The number of nitro groups is 1. The van der Waals surface area contributed by atoms with E-state index in [1.165, 1.54) is 30.6 Å². The van der Waals surface area contributed by atoms with Gasteiger partial charge >= 0.3 is 0 Å². The first-order valence-electron chi connectivity index (χ1n) is 6.01. The van der Waals surface area contributed by atoms with Crippen LogP contribution >= 0.6 is 0 Å². The number of hydrogen-bond acceptors (Lipinski definition) is 6. The van der Waals surface area contributed by atoms with E-state index in [0.29, 0.717) is 23.0 Å². The summed E-state index contributed by atoms with van der Waals surface area (Å²) in [5, 5.41) is 10.6. The van der Waals surface area contributed by atoms with Crippen LogP contribution in [-0.2, 0) is 0 Å². The number of aromatic nitrogens is 2. The predicted molar refractivity (Wildman–Crippen MR) is 73.7 cm³/mol. The summed E-state index contributed by atoms with van der Waals surface area (Å²) in [6, 6.07) is 5.77. The molecule has 1 aromatic carbocycles. The smallest absolute Gasteiger partial charge is 0.269 e. The van der Waals surface area contributed by atoms with Gasteiger partial charge in [-0.25, -0.2) is 9.97 Å². The van der Waals surface area contributed by atoms with Crippen LogP contribution in [-0.4, -0.2) is 14.9 Å². The highest BCUT2D eigenvalue weighted by Gasteiger charge is 2.15. The van der Waals surface area contributed by atoms with Crippen LogP contribution in [0.3, 0.4) is 0 Å². The first-order chi connectivity index (χ1) is 9.49. The fourth-order valence-corrected chi connectivity index (χ4v) is 1.76. The topological polar surface area (TPSA) is 104 Å². The Labute approximate surface area is 115 Å². The molecule has 7 heteroatoms. The highest BCUT2D eigenvalue weighted by atomic mass is 16.6. The van der Waals surface area contributed by atoms with Crippen LogP contribution in [0, 0.1) is 10.1 Å². The molecule has 0 aliphatic heterocycles. The summed E-state index contributed by atoms with van der Waals surface area (Å²) >= 11 is 0. The van der Waals surface area contributed by atoms with E-state index in [2.05, 4.69) is 9.97 Å². The lowest BCUT2D eigenvalue weighted by molar-refractivity contribution is -0.384. The van der Waals surface area contributed by atoms with E-state index >= 15 is 0 Å². The van der Waals surface area contributed by atoms with Crippen molar-refractivity contribution in [2.24, 2.45) is 0 Å². The van der Waals surface area contributed by atoms with Gasteiger partial charge in [0.05, 0.1) is 10.5 Å². The van der Waals surface area contributed by atoms with Crippen molar-refractivity contribution >= 4 is 11.5 Å². The second-order valence-corrected chi connectivity index (χ2v) is 4.49. The van der Waals surface area contributed by atoms with Crippen molar-refractivity contribution in [3.8, 4) is 11.6 Å². The second-order valence-electron chi connectivity index (χ2n) is 4.49. The van der Waals surface area contributed by atoms with Crippen molar-refractivity contribution in [3.63, 3.8) is 0 Å². The Morgan fingerprint density at radius 3 is 2.45 bits per heavy atom. The van der Waals surface area contributed by atoms with E-state index in [-0.39, 0.29) is 11.6 Å². The summed E-state index contributed by atoms with van der Waals surface area (Å²) in [5.74, 6) is 1.29. The molecule has 0 saturated carbocycles. The molecule has 2 N–H and O–H groups in total. The molecule has 0 radical (unpaired) electrons. The summed E-state index contributed by atoms with van der Waals surface area (Å²) in [7, 11) is 0. The largest absolute Gasteiger partial charge is 0.439 e. The molecule has 1 heterocycles. The third-order valence-electron chi connectivity index (χ3n) is 2.72. The summed E-state index contributed by atoms with van der Waals surface area (Å²) in [5.41, 5.74) is 6.54. The fraction of sp³-hybridized carbons (Fsp3) is 0.231. The van der Waals surface area contributed by atoms with Crippen LogP contribution in [0.25, 0.3) is 0 Å². The van der Waals surface area contributed by atoms with Gasteiger partial charge in [0.1, 0.15) is 17.9 Å². The Bertz CT molecular complexity index is 626. The molecule has 0 spiro atoms. The number of hydrogen-bond donors (Lipinski definition) is 1. The molecule has 0 unspecified atom stereocenters. The number of rotatable bonds is 4. The number of benzene rings is 1. The van der Waals surface area contributed by atoms with Crippen molar-refractivity contribution in [1.82, 2.24) is 9.97 Å². The lowest BCUT2D eigenvalue weighted by Crippen LogP contribution is -2.04. The zero-order valence-electron chi connectivity index (χ0n) is 11.1. The second kappa shape index (κ2) is 5.52. The van der Waals surface area contributed by atoms with Gasteiger partial charge in [0.2, 0.25) is 5.88 Å². The molecule has 20 heavy (non-hydrogen) atoms. The van der Waals surface area contributed by atoms with Gasteiger partial charge in [-0.1, -0.05) is 13.8 Å². The van der Waals surface area contributed by atoms with Gasteiger partial charge in [-0.15, -0.1) is 0 Å². The minimum absolute atomic E-state index is 0.00337. The Kier molecular flexibility index (Phi) is 3.79. The number of nitrogen functional groups attached to an aromatic ring is 1. The summed E-state index contributed by atoms with van der Waals surface area (Å²) < 4.78 is 5.63. The Hall–Kier alpha value is -2.70. The standard InChI is InChI=1S/C13H14N4O3/c1-8(2)11-12(14)15-7-16-13(11)20-10-5-3-9(4-6-10)17(18)19/h3-8H,1-2H3,(H2,14,15,16). The third-order valence-corrected chi connectivity index (χ3v) is 2.72. The molecule has 2 rings (SSSR count). The van der Waals surface area contributed by atoms with Gasteiger partial charge in [0.15, 0.2) is 0 Å². The van der Waals surface area contributed by atoms with E-state index in [9.17, 15) is 10.1 Å². The van der Waals surface area contributed by atoms with Crippen LogP contribution in [0.5, 0.6) is 11.6 Å². The zero-order chi connectivity index (χ0) is 14.7. The Morgan fingerprint density at radius 2 is 1.90 bits per heavy atom. The summed E-state index contributed by atoms with van der Waals surface area (Å²) in [6.07, 6.45) is 1.32. The predicted octanol–water partition coefficient (Wildman–Crippen LogP) is 2.88. The quantitative estimate of drug-likeness (QED) is 0.679. The third kappa shape index (κ3) is 2.82. The number of nitrogens with zero attached hydrogens (tertiary/aromatic N) is 3. The van der Waals surface area contributed by atoms with Crippen LogP contribution in [0.15, 0.2) is 30.6 Å². The monoisotopic (exact) mass is 274 g/mol. The van der Waals surface area contributed by atoms with Gasteiger partial charge < -0.3 is 10.5 Å². The fourth-order valence-electron chi connectivity index (χ4n) is 1.76. The van der Waals surface area contributed by atoms with Crippen molar-refractivity contribution in [2.75, 3.05) is 5.73 Å². The Morgan fingerprint density at radius 1 is 1.25 bits per heavy atom. The number of ether oxygens (including phenoxy) is 1. The van der Waals surface area contributed by atoms with Crippen molar-refractivity contribution in [3.05, 3.63) is 46.3 Å². The Balaban J connectivity index is 2.30. The van der Waals surface area contributed by atoms with E-state index in [1.54, 1.807) is 0 Å². The maximum absolute atomic E-state index is 10.6. The van der Waals surface area contributed by atoms with Crippen LogP contribution in [0.2, 0.25) is 0 Å². The van der Waals surface area contributed by atoms with Crippen molar-refractivity contribution < 1.29 is 9.66 Å². The van der Waals surface area contributed by atoms with E-state index in [0.717, 1.165) is 0 Å². The molecular weight excluding hydrogens is 260 g/mol. The molecule has 0 atom stereocenters. The maximum atomic E-state index is 10.6. The van der Waals surface area contributed by atoms with Crippen molar-refractivity contribution in [1.29, 1.82) is 0 Å². The van der Waals surface area contributed by atoms with Gasteiger partial charge in [-0.3, -0.25) is 10.1 Å². The lowest BCUT2D eigenvalue weighted by Gasteiger charge is -2.13. The number of nitro benzene ring substituents is 1. The molecule has 2 aromatic rings. The molecule has 0 fully saturated rings. The molecule has 0 bridgehead atoms. The highest BCUT2D eigenvalue weighted by Crippen LogP contribution is 2.31. The van der Waals surface area contributed by atoms with Gasteiger partial charge in [-0.05, 0) is 18.1 Å². The first kappa shape index (κ1) is 13.7. The average Bonchev–Trinajstić information content (AvgIpc) is 2.39. The minimum Gasteiger partial charge on any atom is -0.439 e. The zero-order valence-corrected chi connectivity index (χ0v) is 11.1. The number of anilines is 1. The molecule has 104 valence electrons. The lowest BCUT2D eigenvalue weighted by atomic mass is 10.1. The van der Waals surface area contributed by atoms with Gasteiger partial charge in [0.25, 0.3) is 5.69 Å². The van der Waals surface area contributed by atoms with Crippen LogP contribution in [0.4, 0.5) is 11.5 Å². The van der Waals surface area contributed by atoms with Gasteiger partial charge in [0, 0.05) is 12.1 Å². The summed E-state index contributed by atoms with van der Waals surface area (Å²) in [4.78, 5) is 18.1.